The van der Waals surface area contributed by atoms with Gasteiger partial charge in [0.15, 0.2) is 11.5 Å². The highest BCUT2D eigenvalue weighted by atomic mass is 16.5. The van der Waals surface area contributed by atoms with Crippen molar-refractivity contribution in [3.05, 3.63) is 23.4 Å². The number of hydrogen-bond donors (Lipinski definition) is 2. The first-order chi connectivity index (χ1) is 14.2. The maximum atomic E-state index is 6.07. The van der Waals surface area contributed by atoms with Crippen molar-refractivity contribution in [1.29, 1.82) is 0 Å². The van der Waals surface area contributed by atoms with Gasteiger partial charge in [-0.2, -0.15) is 0 Å². The third-order valence-corrected chi connectivity index (χ3v) is 5.95. The molecule has 1 aromatic heterocycles. The van der Waals surface area contributed by atoms with E-state index in [-0.39, 0.29) is 0 Å². The Morgan fingerprint density at radius 2 is 2.10 bits per heavy atom. The first-order valence-corrected chi connectivity index (χ1v) is 10.9. The predicted molar refractivity (Wildman–Crippen MR) is 119 cm³/mol. The Morgan fingerprint density at radius 1 is 1.21 bits per heavy atom. The Labute approximate surface area is 174 Å². The summed E-state index contributed by atoms with van der Waals surface area (Å²) < 4.78 is 11.8. The summed E-state index contributed by atoms with van der Waals surface area (Å²) in [5.41, 5.74) is 4.89. The van der Waals surface area contributed by atoms with Crippen LogP contribution < -0.4 is 20.1 Å². The average molecular weight is 399 g/mol. The van der Waals surface area contributed by atoms with Crippen molar-refractivity contribution < 1.29 is 9.47 Å². The molecule has 1 aliphatic heterocycles. The minimum Gasteiger partial charge on any atom is -0.493 e. The molecule has 1 unspecified atom stereocenters. The first kappa shape index (κ1) is 20.2. The summed E-state index contributed by atoms with van der Waals surface area (Å²) in [6.07, 6.45) is 6.75. The Morgan fingerprint density at radius 3 is 2.86 bits per heavy atom. The molecule has 1 aliphatic carbocycles. The average Bonchev–Trinajstić information content (AvgIpc) is 3.19. The number of ether oxygens (including phenoxy) is 2. The summed E-state index contributed by atoms with van der Waals surface area (Å²) in [4.78, 5) is 7.17. The quantitative estimate of drug-likeness (QED) is 0.666. The van der Waals surface area contributed by atoms with Gasteiger partial charge in [-0.15, -0.1) is 0 Å². The fourth-order valence-electron chi connectivity index (χ4n) is 4.45. The molecule has 4 rings (SSSR count). The third-order valence-electron chi connectivity index (χ3n) is 5.95. The number of pyridine rings is 1. The van der Waals surface area contributed by atoms with Crippen LogP contribution >= 0.6 is 0 Å². The normalized spacial score (nSPS) is 18.8. The molecule has 1 saturated heterocycles. The van der Waals surface area contributed by atoms with E-state index in [2.05, 4.69) is 41.8 Å². The lowest BCUT2D eigenvalue weighted by atomic mass is 10.0. The monoisotopic (exact) mass is 398 g/mol. The molecule has 2 aliphatic rings. The van der Waals surface area contributed by atoms with Crippen molar-refractivity contribution in [2.24, 2.45) is 0 Å². The fraction of sp³-hybridized carbons (Fsp3) is 0.609. The highest BCUT2D eigenvalue weighted by Crippen LogP contribution is 2.40. The van der Waals surface area contributed by atoms with Gasteiger partial charge in [-0.25, -0.2) is 0 Å². The first-order valence-electron chi connectivity index (χ1n) is 10.9. The molecule has 158 valence electrons. The Balaban J connectivity index is 1.66. The van der Waals surface area contributed by atoms with E-state index in [1.165, 1.54) is 36.2 Å². The standard InChI is InChI=1S/C23H34N4O2/c1-27(2)11-6-12-29-22-14-20-18(13-21(22)28-3)23(17-8-4-9-19(17)26-20)25-16-7-5-10-24-15-16/h13-14,16,24H,4-12,15H2,1-3H3,(H,25,26). The second-order valence-electron chi connectivity index (χ2n) is 8.48. The highest BCUT2D eigenvalue weighted by Gasteiger charge is 2.23. The number of anilines is 1. The smallest absolute Gasteiger partial charge is 0.163 e. The van der Waals surface area contributed by atoms with Gasteiger partial charge in [0.1, 0.15) is 0 Å². The van der Waals surface area contributed by atoms with Crippen LogP contribution in [0.25, 0.3) is 10.9 Å². The molecule has 6 nitrogen and oxygen atoms in total. The van der Waals surface area contributed by atoms with E-state index in [0.717, 1.165) is 61.3 Å². The summed E-state index contributed by atoms with van der Waals surface area (Å²) in [5, 5.41) is 8.52. The summed E-state index contributed by atoms with van der Waals surface area (Å²) in [7, 11) is 5.88. The van der Waals surface area contributed by atoms with Crippen LogP contribution in [0.4, 0.5) is 5.69 Å². The van der Waals surface area contributed by atoms with Crippen LogP contribution in [0.15, 0.2) is 12.1 Å². The zero-order valence-electron chi connectivity index (χ0n) is 18.0. The third kappa shape index (κ3) is 4.59. The number of nitrogens with zero attached hydrogens (tertiary/aromatic N) is 2. The van der Waals surface area contributed by atoms with Crippen LogP contribution in [-0.2, 0) is 12.8 Å². The molecule has 2 heterocycles. The maximum Gasteiger partial charge on any atom is 0.163 e. The van der Waals surface area contributed by atoms with Gasteiger partial charge in [0.25, 0.3) is 0 Å². The number of fused-ring (bicyclic) bond motifs is 2. The van der Waals surface area contributed by atoms with E-state index in [1.807, 2.05) is 0 Å². The lowest BCUT2D eigenvalue weighted by Gasteiger charge is -2.27. The summed E-state index contributed by atoms with van der Waals surface area (Å²) >= 11 is 0. The topological polar surface area (TPSA) is 58.6 Å². The van der Waals surface area contributed by atoms with Gasteiger partial charge in [-0.3, -0.25) is 4.98 Å². The van der Waals surface area contributed by atoms with Crippen LogP contribution in [0.2, 0.25) is 0 Å². The SMILES string of the molecule is COc1cc2c(NC3CCCNC3)c3c(nc2cc1OCCCN(C)C)CCC3. The summed E-state index contributed by atoms with van der Waals surface area (Å²) in [6.45, 7) is 3.81. The molecule has 1 aromatic carbocycles. The number of nitrogens with one attached hydrogen (secondary N) is 2. The maximum absolute atomic E-state index is 6.07. The van der Waals surface area contributed by atoms with Crippen molar-refractivity contribution in [2.75, 3.05) is 52.8 Å². The lowest BCUT2D eigenvalue weighted by Crippen LogP contribution is -2.38. The molecule has 1 fully saturated rings. The van der Waals surface area contributed by atoms with E-state index in [4.69, 9.17) is 14.5 Å². The minimum atomic E-state index is 0.465. The summed E-state index contributed by atoms with van der Waals surface area (Å²) in [5.74, 6) is 1.57. The number of benzene rings is 1. The van der Waals surface area contributed by atoms with E-state index < -0.39 is 0 Å². The molecule has 1 atom stereocenters. The van der Waals surface area contributed by atoms with Crippen LogP contribution in [-0.4, -0.2) is 63.4 Å². The van der Waals surface area contributed by atoms with Gasteiger partial charge >= 0.3 is 0 Å². The molecule has 0 bridgehead atoms. The van der Waals surface area contributed by atoms with Crippen LogP contribution in [0.1, 0.15) is 36.9 Å². The molecule has 2 N–H and O–H groups in total. The molecular formula is C23H34N4O2. The van der Waals surface area contributed by atoms with Crippen molar-refractivity contribution in [1.82, 2.24) is 15.2 Å². The molecule has 29 heavy (non-hydrogen) atoms. The van der Waals surface area contributed by atoms with Crippen molar-refractivity contribution >= 4 is 16.6 Å². The number of methoxy groups -OCH3 is 1. The molecule has 0 amide bonds. The molecule has 0 radical (unpaired) electrons. The number of aryl methyl sites for hydroxylation is 1. The van der Waals surface area contributed by atoms with Gasteiger partial charge < -0.3 is 25.0 Å². The number of rotatable bonds is 8. The van der Waals surface area contributed by atoms with Gasteiger partial charge in [-0.1, -0.05) is 0 Å². The summed E-state index contributed by atoms with van der Waals surface area (Å²) in [6, 6.07) is 4.64. The van der Waals surface area contributed by atoms with Crippen LogP contribution in [0.5, 0.6) is 11.5 Å². The fourth-order valence-corrected chi connectivity index (χ4v) is 4.45. The molecule has 0 saturated carbocycles. The van der Waals surface area contributed by atoms with Crippen molar-refractivity contribution in [3.63, 3.8) is 0 Å². The van der Waals surface area contributed by atoms with E-state index in [9.17, 15) is 0 Å². The van der Waals surface area contributed by atoms with Gasteiger partial charge in [0.05, 0.1) is 19.2 Å². The zero-order chi connectivity index (χ0) is 20.2. The zero-order valence-corrected chi connectivity index (χ0v) is 18.0. The molecule has 6 heteroatoms. The van der Waals surface area contributed by atoms with Gasteiger partial charge in [-0.05, 0) is 70.8 Å². The molecular weight excluding hydrogens is 364 g/mol. The number of aromatic nitrogens is 1. The van der Waals surface area contributed by atoms with Gasteiger partial charge in [0, 0.05) is 42.0 Å². The van der Waals surface area contributed by atoms with Gasteiger partial charge in [0.2, 0.25) is 0 Å². The Bertz CT molecular complexity index is 847. The number of hydrogen-bond acceptors (Lipinski definition) is 6. The lowest BCUT2D eigenvalue weighted by molar-refractivity contribution is 0.268. The van der Waals surface area contributed by atoms with Crippen molar-refractivity contribution in [3.8, 4) is 11.5 Å². The van der Waals surface area contributed by atoms with Crippen LogP contribution in [0, 0.1) is 0 Å². The van der Waals surface area contributed by atoms with E-state index >= 15 is 0 Å². The number of piperidine rings is 1. The van der Waals surface area contributed by atoms with E-state index in [1.54, 1.807) is 7.11 Å². The predicted octanol–water partition coefficient (Wildman–Crippen LogP) is 3.23. The Kier molecular flexibility index (Phi) is 6.40. The molecule has 2 aromatic rings. The minimum absolute atomic E-state index is 0.465. The van der Waals surface area contributed by atoms with E-state index in [0.29, 0.717) is 12.6 Å². The second-order valence-corrected chi connectivity index (χ2v) is 8.48. The Hall–Kier alpha value is -2.05. The highest BCUT2D eigenvalue weighted by molar-refractivity contribution is 5.96. The van der Waals surface area contributed by atoms with Crippen molar-refractivity contribution in [2.45, 2.75) is 44.6 Å². The molecule has 0 spiro atoms. The second kappa shape index (κ2) is 9.18. The largest absolute Gasteiger partial charge is 0.493 e. The van der Waals surface area contributed by atoms with Crippen LogP contribution in [0.3, 0.4) is 0 Å².